The average molecular weight is 485 g/mol. The zero-order chi connectivity index (χ0) is 25.8. The number of isocyanates is 1. The van der Waals surface area contributed by atoms with Crippen LogP contribution in [0.1, 0.15) is 38.1 Å². The van der Waals surface area contributed by atoms with Crippen LogP contribution in [-0.2, 0) is 4.79 Å². The Hall–Kier alpha value is -4.22. The molecule has 0 spiro atoms. The maximum Gasteiger partial charge on any atom is 0.336 e. The summed E-state index contributed by atoms with van der Waals surface area (Å²) in [5.41, 5.74) is 4.12. The van der Waals surface area contributed by atoms with E-state index < -0.39 is 5.97 Å². The lowest BCUT2D eigenvalue weighted by atomic mass is 9.90. The molecule has 0 saturated heterocycles. The SMILES string of the molecule is CCN(CC)c1ccc2c(-c3ccc(N=C=O)cc3C(=O)O)c3ccc(=[N+](CC)CC)cc-3oc2c1. The second kappa shape index (κ2) is 10.6. The highest BCUT2D eigenvalue weighted by Crippen LogP contribution is 2.42. The minimum atomic E-state index is -1.10. The predicted octanol–water partition coefficient (Wildman–Crippen LogP) is 5.53. The molecule has 2 aromatic rings. The number of fused-ring (bicyclic) bond motifs is 2. The molecular weight excluding hydrogens is 454 g/mol. The number of nitrogens with zero attached hydrogens (tertiary/aromatic N) is 3. The lowest BCUT2D eigenvalue weighted by molar-refractivity contribution is 0.0697. The molecule has 7 nitrogen and oxygen atoms in total. The van der Waals surface area contributed by atoms with Gasteiger partial charge in [0, 0.05) is 47.4 Å². The zero-order valence-corrected chi connectivity index (χ0v) is 21.0. The second-order valence-electron chi connectivity index (χ2n) is 8.42. The first-order valence-electron chi connectivity index (χ1n) is 12.2. The Labute approximate surface area is 210 Å². The van der Waals surface area contributed by atoms with Crippen molar-refractivity contribution in [3.8, 4) is 22.5 Å². The van der Waals surface area contributed by atoms with E-state index >= 15 is 0 Å². The number of hydrogen-bond acceptors (Lipinski definition) is 5. The zero-order valence-electron chi connectivity index (χ0n) is 21.0. The number of carboxylic acids is 1. The first-order valence-corrected chi connectivity index (χ1v) is 12.2. The van der Waals surface area contributed by atoms with Gasteiger partial charge in [0.2, 0.25) is 11.4 Å². The van der Waals surface area contributed by atoms with E-state index in [1.807, 2.05) is 36.4 Å². The van der Waals surface area contributed by atoms with Crippen LogP contribution in [0.15, 0.2) is 64.0 Å². The molecule has 1 heterocycles. The Morgan fingerprint density at radius 2 is 1.69 bits per heavy atom. The van der Waals surface area contributed by atoms with E-state index in [2.05, 4.69) is 42.2 Å². The summed E-state index contributed by atoms with van der Waals surface area (Å²) >= 11 is 0. The third-order valence-electron chi connectivity index (χ3n) is 6.62. The van der Waals surface area contributed by atoms with Crippen LogP contribution in [0.2, 0.25) is 0 Å². The molecule has 2 aliphatic rings. The van der Waals surface area contributed by atoms with E-state index in [0.717, 1.165) is 53.7 Å². The number of rotatable bonds is 8. The lowest BCUT2D eigenvalue weighted by Gasteiger charge is -2.22. The summed E-state index contributed by atoms with van der Waals surface area (Å²) in [4.78, 5) is 28.9. The van der Waals surface area contributed by atoms with Crippen molar-refractivity contribution >= 4 is 34.4 Å². The molecule has 1 aliphatic carbocycles. The van der Waals surface area contributed by atoms with Gasteiger partial charge in [0.1, 0.15) is 24.4 Å². The number of anilines is 1. The van der Waals surface area contributed by atoms with Gasteiger partial charge in [-0.2, -0.15) is 4.99 Å². The fraction of sp³-hybridized carbons (Fsp3) is 0.276. The van der Waals surface area contributed by atoms with Crippen molar-refractivity contribution in [2.24, 2.45) is 4.99 Å². The minimum absolute atomic E-state index is 0.0564. The Morgan fingerprint density at radius 1 is 0.972 bits per heavy atom. The second-order valence-corrected chi connectivity index (χ2v) is 8.42. The highest BCUT2D eigenvalue weighted by Gasteiger charge is 2.23. The molecule has 2 aromatic carbocycles. The Kier molecular flexibility index (Phi) is 7.32. The third-order valence-corrected chi connectivity index (χ3v) is 6.62. The van der Waals surface area contributed by atoms with Gasteiger partial charge in [-0.15, -0.1) is 0 Å². The van der Waals surface area contributed by atoms with E-state index in [0.29, 0.717) is 16.9 Å². The molecule has 1 N–H and O–H groups in total. The van der Waals surface area contributed by atoms with E-state index in [9.17, 15) is 14.7 Å². The predicted molar refractivity (Wildman–Crippen MR) is 143 cm³/mol. The van der Waals surface area contributed by atoms with Crippen LogP contribution < -0.4 is 14.8 Å². The van der Waals surface area contributed by atoms with E-state index in [1.54, 1.807) is 12.1 Å². The fourth-order valence-electron chi connectivity index (χ4n) is 4.78. The Morgan fingerprint density at radius 3 is 2.33 bits per heavy atom. The van der Waals surface area contributed by atoms with Crippen molar-refractivity contribution < 1.29 is 19.1 Å². The van der Waals surface area contributed by atoms with E-state index in [-0.39, 0.29) is 11.3 Å². The molecular formula is C29H30N3O4+. The van der Waals surface area contributed by atoms with Crippen molar-refractivity contribution in [2.75, 3.05) is 31.1 Å². The molecule has 0 radical (unpaired) electrons. The van der Waals surface area contributed by atoms with Gasteiger partial charge >= 0.3 is 5.97 Å². The normalized spacial score (nSPS) is 10.9. The highest BCUT2D eigenvalue weighted by molar-refractivity contribution is 6.08. The fourth-order valence-corrected chi connectivity index (χ4v) is 4.78. The standard InChI is InChI=1S/C29H29N3O4/c1-5-31(6-2)20-10-13-23-26(16-20)36-27-17-21(32(7-3)8-4)11-14-24(27)28(23)22-12-9-19(30-18-33)15-25(22)29(34)35/h9-17H,5-8H2,1-4H3/p+1. The molecule has 0 unspecified atom stereocenters. The number of hydrogen-bond donors (Lipinski definition) is 1. The summed E-state index contributed by atoms with van der Waals surface area (Å²) < 4.78 is 8.70. The molecule has 4 rings (SSSR count). The van der Waals surface area contributed by atoms with Gasteiger partial charge in [-0.05, 0) is 63.6 Å². The van der Waals surface area contributed by atoms with Crippen LogP contribution >= 0.6 is 0 Å². The maximum absolute atomic E-state index is 12.3. The number of carbonyl (C=O) groups excluding carboxylic acids is 1. The number of aliphatic imine (C=N–C) groups is 1. The van der Waals surface area contributed by atoms with Crippen LogP contribution in [0.25, 0.3) is 33.4 Å². The number of carbonyl (C=O) groups is 1. The van der Waals surface area contributed by atoms with Gasteiger partial charge < -0.3 is 14.4 Å². The molecule has 7 heteroatoms. The van der Waals surface area contributed by atoms with Gasteiger partial charge in [-0.1, -0.05) is 6.07 Å². The van der Waals surface area contributed by atoms with E-state index in [1.165, 1.54) is 12.1 Å². The molecule has 184 valence electrons. The van der Waals surface area contributed by atoms with Crippen molar-refractivity contribution in [1.82, 2.24) is 4.58 Å². The summed E-state index contributed by atoms with van der Waals surface area (Å²) in [6, 6.07) is 16.8. The highest BCUT2D eigenvalue weighted by atomic mass is 16.4. The van der Waals surface area contributed by atoms with Crippen LogP contribution in [0.4, 0.5) is 11.4 Å². The summed E-state index contributed by atoms with van der Waals surface area (Å²) in [6.07, 6.45) is 1.48. The van der Waals surface area contributed by atoms with Crippen LogP contribution in [-0.4, -0.2) is 43.3 Å². The topological polar surface area (TPSA) is 86.1 Å². The Balaban J connectivity index is 2.14. The number of aromatic carboxylic acids is 1. The lowest BCUT2D eigenvalue weighted by Crippen LogP contribution is -2.29. The smallest absolute Gasteiger partial charge is 0.336 e. The van der Waals surface area contributed by atoms with Crippen molar-refractivity contribution in [3.05, 3.63) is 65.5 Å². The van der Waals surface area contributed by atoms with Crippen LogP contribution in [0.3, 0.4) is 0 Å². The first kappa shape index (κ1) is 24.9. The quantitative estimate of drug-likeness (QED) is 0.154. The molecule has 0 saturated carbocycles. The molecule has 0 amide bonds. The minimum Gasteiger partial charge on any atom is -0.478 e. The third kappa shape index (κ3) is 4.53. The Bertz CT molecular complexity index is 1520. The van der Waals surface area contributed by atoms with Crippen LogP contribution in [0.5, 0.6) is 0 Å². The molecule has 0 bridgehead atoms. The summed E-state index contributed by atoms with van der Waals surface area (Å²) in [6.45, 7) is 11.9. The van der Waals surface area contributed by atoms with Crippen LogP contribution in [0, 0.1) is 0 Å². The van der Waals surface area contributed by atoms with Crippen molar-refractivity contribution in [1.29, 1.82) is 0 Å². The summed E-state index contributed by atoms with van der Waals surface area (Å²) in [7, 11) is 0. The largest absolute Gasteiger partial charge is 0.478 e. The summed E-state index contributed by atoms with van der Waals surface area (Å²) in [5.74, 6) is -0.431. The molecule has 0 fully saturated rings. The van der Waals surface area contributed by atoms with Crippen molar-refractivity contribution in [3.63, 3.8) is 0 Å². The van der Waals surface area contributed by atoms with Gasteiger partial charge in [0.05, 0.1) is 17.3 Å². The van der Waals surface area contributed by atoms with Gasteiger partial charge in [-0.3, -0.25) is 0 Å². The molecule has 1 aliphatic heterocycles. The molecule has 0 atom stereocenters. The molecule has 36 heavy (non-hydrogen) atoms. The van der Waals surface area contributed by atoms with E-state index in [4.69, 9.17) is 4.42 Å². The maximum atomic E-state index is 12.3. The van der Waals surface area contributed by atoms with Crippen molar-refractivity contribution in [2.45, 2.75) is 27.7 Å². The monoisotopic (exact) mass is 484 g/mol. The average Bonchev–Trinajstić information content (AvgIpc) is 2.89. The number of benzene rings is 3. The van der Waals surface area contributed by atoms with Gasteiger partial charge in [0.25, 0.3) is 0 Å². The summed E-state index contributed by atoms with van der Waals surface area (Å²) in [5, 5.41) is 11.9. The number of carboxylic acid groups (broad SMARTS) is 1. The first-order chi connectivity index (χ1) is 17.4. The van der Waals surface area contributed by atoms with Gasteiger partial charge in [0.15, 0.2) is 0 Å². The van der Waals surface area contributed by atoms with Gasteiger partial charge in [-0.25, -0.2) is 14.2 Å². The molecule has 0 aromatic heterocycles.